The molecule has 2 aromatic carbocycles. The third-order valence-electron chi connectivity index (χ3n) is 3.18. The number of aromatic nitrogens is 1. The lowest BCUT2D eigenvalue weighted by atomic mass is 10.2. The van der Waals surface area contributed by atoms with Gasteiger partial charge in [0.25, 0.3) is 0 Å². The van der Waals surface area contributed by atoms with Crippen LogP contribution in [0.5, 0.6) is 5.75 Å². The predicted octanol–water partition coefficient (Wildman–Crippen LogP) is 5.36. The molecule has 102 valence electrons. The van der Waals surface area contributed by atoms with Crippen molar-refractivity contribution in [3.05, 3.63) is 63.2 Å². The summed E-state index contributed by atoms with van der Waals surface area (Å²) in [7, 11) is 0. The highest BCUT2D eigenvalue weighted by Crippen LogP contribution is 2.29. The number of hydrogen-bond acceptors (Lipinski definition) is 1. The summed E-state index contributed by atoms with van der Waals surface area (Å²) in [6.07, 6.45) is 0. The number of benzene rings is 2. The maximum absolute atomic E-state index is 9.51. The number of phenols is 1. The van der Waals surface area contributed by atoms with Crippen LogP contribution in [-0.2, 0) is 6.54 Å². The molecule has 0 atom stereocenters. The molecule has 0 saturated carbocycles. The summed E-state index contributed by atoms with van der Waals surface area (Å²) >= 11 is 18.4. The van der Waals surface area contributed by atoms with Crippen molar-refractivity contribution in [3.63, 3.8) is 0 Å². The van der Waals surface area contributed by atoms with E-state index in [2.05, 4.69) is 0 Å². The smallest absolute Gasteiger partial charge is 0.116 e. The van der Waals surface area contributed by atoms with E-state index in [1.54, 1.807) is 24.3 Å². The van der Waals surface area contributed by atoms with Crippen molar-refractivity contribution in [1.29, 1.82) is 0 Å². The van der Waals surface area contributed by atoms with Crippen LogP contribution in [0.15, 0.2) is 42.5 Å². The summed E-state index contributed by atoms with van der Waals surface area (Å²) in [5.41, 5.74) is 1.88. The van der Waals surface area contributed by atoms with Gasteiger partial charge in [-0.3, -0.25) is 0 Å². The van der Waals surface area contributed by atoms with E-state index in [1.165, 1.54) is 0 Å². The molecule has 0 spiro atoms. The molecule has 0 fully saturated rings. The molecular weight excluding hydrogens is 317 g/mol. The van der Waals surface area contributed by atoms with Gasteiger partial charge >= 0.3 is 0 Å². The quantitative estimate of drug-likeness (QED) is 0.674. The average molecular weight is 327 g/mol. The van der Waals surface area contributed by atoms with Gasteiger partial charge in [-0.25, -0.2) is 0 Å². The lowest BCUT2D eigenvalue weighted by Gasteiger charge is -2.09. The maximum Gasteiger partial charge on any atom is 0.116 e. The van der Waals surface area contributed by atoms with Crippen LogP contribution < -0.4 is 0 Å². The Balaban J connectivity index is 2.08. The molecule has 1 aromatic heterocycles. The minimum atomic E-state index is 0.218. The van der Waals surface area contributed by atoms with E-state index < -0.39 is 0 Å². The molecule has 0 radical (unpaired) electrons. The minimum absolute atomic E-state index is 0.218. The van der Waals surface area contributed by atoms with Gasteiger partial charge in [0.05, 0.1) is 6.54 Å². The predicted molar refractivity (Wildman–Crippen MR) is 84.2 cm³/mol. The molecule has 20 heavy (non-hydrogen) atoms. The molecule has 0 amide bonds. The zero-order valence-corrected chi connectivity index (χ0v) is 12.5. The second kappa shape index (κ2) is 5.21. The Kier molecular flexibility index (Phi) is 3.55. The van der Waals surface area contributed by atoms with E-state index in [0.717, 1.165) is 16.5 Å². The summed E-state index contributed by atoms with van der Waals surface area (Å²) in [4.78, 5) is 0. The molecule has 0 aliphatic heterocycles. The van der Waals surface area contributed by atoms with Gasteiger partial charge in [-0.2, -0.15) is 0 Å². The van der Waals surface area contributed by atoms with Crippen LogP contribution in [0.25, 0.3) is 10.9 Å². The normalized spacial score (nSPS) is 11.2. The van der Waals surface area contributed by atoms with Gasteiger partial charge in [0, 0.05) is 20.9 Å². The molecule has 0 unspecified atom stereocenters. The number of fused-ring (bicyclic) bond motifs is 1. The van der Waals surface area contributed by atoms with Gasteiger partial charge in [-0.15, -0.1) is 0 Å². The Hall–Kier alpha value is -1.35. The number of phenolic OH excluding ortho intramolecular Hbond substituents is 1. The third-order valence-corrected chi connectivity index (χ3v) is 4.08. The van der Waals surface area contributed by atoms with Crippen molar-refractivity contribution in [2.45, 2.75) is 6.54 Å². The molecule has 0 saturated heterocycles. The van der Waals surface area contributed by atoms with E-state index in [-0.39, 0.29) is 5.75 Å². The SMILES string of the molecule is Oc1ccc2c(c1)cc(Cl)n2Cc1ccc(Cl)cc1Cl. The number of aromatic hydroxyl groups is 1. The van der Waals surface area contributed by atoms with E-state index >= 15 is 0 Å². The molecule has 3 rings (SSSR count). The van der Waals surface area contributed by atoms with Crippen molar-refractivity contribution >= 4 is 45.7 Å². The van der Waals surface area contributed by atoms with Gasteiger partial charge in [0.2, 0.25) is 0 Å². The van der Waals surface area contributed by atoms with Crippen LogP contribution in [0.1, 0.15) is 5.56 Å². The highest BCUT2D eigenvalue weighted by molar-refractivity contribution is 6.35. The van der Waals surface area contributed by atoms with Crippen LogP contribution >= 0.6 is 34.8 Å². The van der Waals surface area contributed by atoms with E-state index in [1.807, 2.05) is 22.8 Å². The van der Waals surface area contributed by atoms with Crippen molar-refractivity contribution in [3.8, 4) is 5.75 Å². The maximum atomic E-state index is 9.51. The first-order valence-electron chi connectivity index (χ1n) is 5.96. The van der Waals surface area contributed by atoms with E-state index in [0.29, 0.717) is 21.7 Å². The summed E-state index contributed by atoms with van der Waals surface area (Å²) in [6.45, 7) is 0.545. The highest BCUT2D eigenvalue weighted by atomic mass is 35.5. The Morgan fingerprint density at radius 1 is 0.950 bits per heavy atom. The molecular formula is C15H10Cl3NO. The Morgan fingerprint density at radius 3 is 2.50 bits per heavy atom. The highest BCUT2D eigenvalue weighted by Gasteiger charge is 2.10. The number of hydrogen-bond donors (Lipinski definition) is 1. The Labute approximate surface area is 131 Å². The second-order valence-corrected chi connectivity index (χ2v) is 5.76. The summed E-state index contributed by atoms with van der Waals surface area (Å²) in [6, 6.07) is 12.4. The monoisotopic (exact) mass is 325 g/mol. The fourth-order valence-electron chi connectivity index (χ4n) is 2.21. The lowest BCUT2D eigenvalue weighted by molar-refractivity contribution is 0.476. The lowest BCUT2D eigenvalue weighted by Crippen LogP contribution is -2.00. The first-order chi connectivity index (χ1) is 9.54. The molecule has 1 N–H and O–H groups in total. The number of halogens is 3. The van der Waals surface area contributed by atoms with Crippen molar-refractivity contribution in [1.82, 2.24) is 4.57 Å². The van der Waals surface area contributed by atoms with Crippen molar-refractivity contribution in [2.24, 2.45) is 0 Å². The largest absolute Gasteiger partial charge is 0.508 e. The van der Waals surface area contributed by atoms with Crippen molar-refractivity contribution < 1.29 is 5.11 Å². The summed E-state index contributed by atoms with van der Waals surface area (Å²) < 4.78 is 1.94. The first-order valence-corrected chi connectivity index (χ1v) is 7.09. The molecule has 1 heterocycles. The second-order valence-electron chi connectivity index (χ2n) is 4.53. The Morgan fingerprint density at radius 2 is 1.75 bits per heavy atom. The molecule has 0 bridgehead atoms. The number of rotatable bonds is 2. The van der Waals surface area contributed by atoms with Crippen LogP contribution in [-0.4, -0.2) is 9.67 Å². The molecule has 0 aliphatic rings. The van der Waals surface area contributed by atoms with Crippen LogP contribution in [0.2, 0.25) is 15.2 Å². The summed E-state index contributed by atoms with van der Waals surface area (Å²) in [5.74, 6) is 0.218. The van der Waals surface area contributed by atoms with Gasteiger partial charge in [0.1, 0.15) is 10.9 Å². The fourth-order valence-corrected chi connectivity index (χ4v) is 2.94. The van der Waals surface area contributed by atoms with E-state index in [9.17, 15) is 5.11 Å². The first kappa shape index (κ1) is 13.6. The minimum Gasteiger partial charge on any atom is -0.508 e. The molecule has 0 aliphatic carbocycles. The van der Waals surface area contributed by atoms with E-state index in [4.69, 9.17) is 34.8 Å². The third kappa shape index (κ3) is 2.47. The fraction of sp³-hybridized carbons (Fsp3) is 0.0667. The average Bonchev–Trinajstić information content (AvgIpc) is 2.68. The topological polar surface area (TPSA) is 25.2 Å². The molecule has 2 nitrogen and oxygen atoms in total. The zero-order chi connectivity index (χ0) is 14.3. The van der Waals surface area contributed by atoms with Gasteiger partial charge in [-0.05, 0) is 42.0 Å². The standard InChI is InChI=1S/C15H10Cl3NO/c16-11-2-1-9(13(17)7-11)8-19-14-4-3-12(20)5-10(14)6-15(19)18/h1-7,20H,8H2. The van der Waals surface area contributed by atoms with Crippen LogP contribution in [0, 0.1) is 0 Å². The summed E-state index contributed by atoms with van der Waals surface area (Å²) in [5, 5.41) is 12.2. The van der Waals surface area contributed by atoms with Crippen LogP contribution in [0.4, 0.5) is 0 Å². The molecule has 3 aromatic rings. The van der Waals surface area contributed by atoms with Crippen molar-refractivity contribution in [2.75, 3.05) is 0 Å². The number of nitrogens with zero attached hydrogens (tertiary/aromatic N) is 1. The Bertz CT molecular complexity index is 795. The van der Waals surface area contributed by atoms with Crippen LogP contribution in [0.3, 0.4) is 0 Å². The molecule has 5 heteroatoms. The van der Waals surface area contributed by atoms with Gasteiger partial charge < -0.3 is 9.67 Å². The van der Waals surface area contributed by atoms with Gasteiger partial charge in [0.15, 0.2) is 0 Å². The van der Waals surface area contributed by atoms with Gasteiger partial charge in [-0.1, -0.05) is 40.9 Å². The zero-order valence-electron chi connectivity index (χ0n) is 10.3.